The second-order valence-electron chi connectivity index (χ2n) is 3.52. The predicted molar refractivity (Wildman–Crippen MR) is 56.1 cm³/mol. The van der Waals surface area contributed by atoms with Crippen molar-refractivity contribution in [1.29, 1.82) is 0 Å². The highest BCUT2D eigenvalue weighted by atomic mass is 16.3. The summed E-state index contributed by atoms with van der Waals surface area (Å²) in [5.74, 6) is 0.794. The number of hydrogen-bond donors (Lipinski definition) is 1. The lowest BCUT2D eigenvalue weighted by Crippen LogP contribution is -2.11. The first-order valence-corrected chi connectivity index (χ1v) is 5.17. The van der Waals surface area contributed by atoms with E-state index in [-0.39, 0.29) is 6.10 Å². The maximum absolute atomic E-state index is 9.51. The summed E-state index contributed by atoms with van der Waals surface area (Å²) in [5, 5.41) is 9.51. The van der Waals surface area contributed by atoms with Crippen LogP contribution in [0.2, 0.25) is 0 Å². The number of rotatable bonds is 4. The van der Waals surface area contributed by atoms with Gasteiger partial charge in [-0.15, -0.1) is 0 Å². The molecule has 1 rings (SSSR count). The van der Waals surface area contributed by atoms with Gasteiger partial charge in [0.2, 0.25) is 0 Å². The molecule has 0 aromatic carbocycles. The molecule has 0 saturated carbocycles. The van der Waals surface area contributed by atoms with Crippen molar-refractivity contribution in [3.05, 3.63) is 23.3 Å². The third-order valence-electron chi connectivity index (χ3n) is 2.22. The number of nitrogens with zero attached hydrogens (tertiary/aromatic N) is 2. The van der Waals surface area contributed by atoms with Gasteiger partial charge in [0.25, 0.3) is 0 Å². The fraction of sp³-hybridized carbons (Fsp3) is 0.636. The smallest absolute Gasteiger partial charge is 0.125 e. The van der Waals surface area contributed by atoms with Crippen LogP contribution in [0.1, 0.15) is 37.5 Å². The van der Waals surface area contributed by atoms with Gasteiger partial charge in [-0.3, -0.25) is 0 Å². The molecule has 1 aromatic heterocycles. The Morgan fingerprint density at radius 3 is 2.50 bits per heavy atom. The average molecular weight is 194 g/mol. The fourth-order valence-electron chi connectivity index (χ4n) is 1.37. The molecule has 0 aliphatic carbocycles. The maximum atomic E-state index is 9.51. The van der Waals surface area contributed by atoms with Crippen LogP contribution in [0.25, 0.3) is 0 Å². The van der Waals surface area contributed by atoms with Crippen molar-refractivity contribution < 1.29 is 5.11 Å². The molecule has 1 N–H and O–H groups in total. The number of hydrogen-bond acceptors (Lipinski definition) is 3. The average Bonchev–Trinajstić information content (AvgIpc) is 2.16. The maximum Gasteiger partial charge on any atom is 0.125 e. The molecule has 0 aliphatic heterocycles. The van der Waals surface area contributed by atoms with Crippen LogP contribution in [0, 0.1) is 6.92 Å². The Balaban J connectivity index is 2.81. The summed E-state index contributed by atoms with van der Waals surface area (Å²) in [4.78, 5) is 8.59. The lowest BCUT2D eigenvalue weighted by molar-refractivity contribution is 0.169. The van der Waals surface area contributed by atoms with Crippen LogP contribution in [-0.2, 0) is 12.8 Å². The van der Waals surface area contributed by atoms with Crippen LogP contribution < -0.4 is 0 Å². The normalized spacial score (nSPS) is 12.9. The fourth-order valence-corrected chi connectivity index (χ4v) is 1.37. The van der Waals surface area contributed by atoms with Gasteiger partial charge in [0.05, 0.1) is 6.10 Å². The molecule has 0 spiro atoms. The van der Waals surface area contributed by atoms with E-state index in [1.54, 1.807) is 0 Å². The summed E-state index contributed by atoms with van der Waals surface area (Å²) in [6, 6.07) is 1.98. The molecule has 1 aromatic rings. The summed E-state index contributed by atoms with van der Waals surface area (Å²) < 4.78 is 0. The highest BCUT2D eigenvalue weighted by molar-refractivity contribution is 5.11. The minimum absolute atomic E-state index is 0.283. The van der Waals surface area contributed by atoms with Gasteiger partial charge < -0.3 is 5.11 Å². The van der Waals surface area contributed by atoms with Crippen molar-refractivity contribution in [2.75, 3.05) is 0 Å². The van der Waals surface area contributed by atoms with Gasteiger partial charge in [0.1, 0.15) is 5.82 Å². The topological polar surface area (TPSA) is 46.0 Å². The molecule has 1 heterocycles. The van der Waals surface area contributed by atoms with E-state index >= 15 is 0 Å². The van der Waals surface area contributed by atoms with Crippen LogP contribution in [0.15, 0.2) is 6.07 Å². The molecule has 0 radical (unpaired) electrons. The third-order valence-corrected chi connectivity index (χ3v) is 2.22. The zero-order valence-electron chi connectivity index (χ0n) is 9.12. The monoisotopic (exact) mass is 194 g/mol. The molecule has 0 aliphatic rings. The first kappa shape index (κ1) is 11.1. The Hall–Kier alpha value is -0.960. The Labute approximate surface area is 85.2 Å². The summed E-state index contributed by atoms with van der Waals surface area (Å²) in [6.45, 7) is 5.93. The first-order valence-electron chi connectivity index (χ1n) is 5.17. The molecule has 0 amide bonds. The summed E-state index contributed by atoms with van der Waals surface area (Å²) >= 11 is 0. The van der Waals surface area contributed by atoms with Gasteiger partial charge in [0, 0.05) is 17.8 Å². The quantitative estimate of drug-likeness (QED) is 0.793. The zero-order valence-corrected chi connectivity index (χ0v) is 9.12. The van der Waals surface area contributed by atoms with Crippen LogP contribution >= 0.6 is 0 Å². The summed E-state index contributed by atoms with van der Waals surface area (Å²) in [6.07, 6.45) is 2.03. The highest BCUT2D eigenvalue weighted by Gasteiger charge is 2.06. The summed E-state index contributed by atoms with van der Waals surface area (Å²) in [7, 11) is 0. The van der Waals surface area contributed by atoms with E-state index in [0.29, 0.717) is 6.42 Å². The zero-order chi connectivity index (χ0) is 10.6. The van der Waals surface area contributed by atoms with E-state index in [4.69, 9.17) is 0 Å². The van der Waals surface area contributed by atoms with Crippen LogP contribution in [0.3, 0.4) is 0 Å². The largest absolute Gasteiger partial charge is 0.393 e. The van der Waals surface area contributed by atoms with Gasteiger partial charge in [-0.1, -0.05) is 13.8 Å². The minimum Gasteiger partial charge on any atom is -0.393 e. The van der Waals surface area contributed by atoms with E-state index in [0.717, 1.165) is 30.1 Å². The molecule has 0 saturated heterocycles. The molecular weight excluding hydrogens is 176 g/mol. The van der Waals surface area contributed by atoms with Crippen molar-refractivity contribution in [1.82, 2.24) is 9.97 Å². The third kappa shape index (κ3) is 3.07. The molecule has 14 heavy (non-hydrogen) atoms. The number of aliphatic hydroxyl groups is 1. The van der Waals surface area contributed by atoms with E-state index < -0.39 is 0 Å². The van der Waals surface area contributed by atoms with Gasteiger partial charge in [-0.2, -0.15) is 0 Å². The van der Waals surface area contributed by atoms with E-state index in [2.05, 4.69) is 16.9 Å². The second kappa shape index (κ2) is 5.05. The number of aromatic nitrogens is 2. The van der Waals surface area contributed by atoms with E-state index in [1.165, 1.54) is 0 Å². The van der Waals surface area contributed by atoms with Crippen molar-refractivity contribution >= 4 is 0 Å². The van der Waals surface area contributed by atoms with Gasteiger partial charge in [0.15, 0.2) is 0 Å². The standard InChI is InChI=1S/C11H18N2O/c1-4-9-6-10(7-11(14)5-2)13-8(3)12-9/h6,11,14H,4-5,7H2,1-3H3. The Morgan fingerprint density at radius 2 is 1.93 bits per heavy atom. The van der Waals surface area contributed by atoms with Gasteiger partial charge in [-0.25, -0.2) is 9.97 Å². The van der Waals surface area contributed by atoms with Crippen LogP contribution in [-0.4, -0.2) is 21.2 Å². The highest BCUT2D eigenvalue weighted by Crippen LogP contribution is 2.06. The molecule has 1 unspecified atom stereocenters. The molecule has 3 heteroatoms. The number of aryl methyl sites for hydroxylation is 2. The molecule has 0 bridgehead atoms. The Kier molecular flexibility index (Phi) is 4.01. The SMILES string of the molecule is CCc1cc(CC(O)CC)nc(C)n1. The predicted octanol–water partition coefficient (Wildman–Crippen LogP) is 1.66. The molecule has 3 nitrogen and oxygen atoms in total. The molecular formula is C11H18N2O. The van der Waals surface area contributed by atoms with E-state index in [1.807, 2.05) is 19.9 Å². The molecule has 78 valence electrons. The van der Waals surface area contributed by atoms with Crippen molar-refractivity contribution in [2.45, 2.75) is 46.1 Å². The van der Waals surface area contributed by atoms with Crippen LogP contribution in [0.4, 0.5) is 0 Å². The first-order chi connectivity index (χ1) is 6.65. The molecule has 0 fully saturated rings. The van der Waals surface area contributed by atoms with Crippen molar-refractivity contribution in [3.8, 4) is 0 Å². The minimum atomic E-state index is -0.283. The Morgan fingerprint density at radius 1 is 1.29 bits per heavy atom. The molecule has 1 atom stereocenters. The number of aliphatic hydroxyl groups excluding tert-OH is 1. The lowest BCUT2D eigenvalue weighted by Gasteiger charge is -2.08. The summed E-state index contributed by atoms with van der Waals surface area (Å²) in [5.41, 5.74) is 2.00. The van der Waals surface area contributed by atoms with Gasteiger partial charge in [-0.05, 0) is 25.8 Å². The van der Waals surface area contributed by atoms with Crippen molar-refractivity contribution in [2.24, 2.45) is 0 Å². The van der Waals surface area contributed by atoms with Crippen molar-refractivity contribution in [3.63, 3.8) is 0 Å². The Bertz CT molecular complexity index is 299. The van der Waals surface area contributed by atoms with E-state index in [9.17, 15) is 5.11 Å². The van der Waals surface area contributed by atoms with Crippen LogP contribution in [0.5, 0.6) is 0 Å². The lowest BCUT2D eigenvalue weighted by atomic mass is 10.1. The van der Waals surface area contributed by atoms with Gasteiger partial charge >= 0.3 is 0 Å². The second-order valence-corrected chi connectivity index (χ2v) is 3.52.